The van der Waals surface area contributed by atoms with Crippen molar-refractivity contribution in [2.75, 3.05) is 23.3 Å². The molecular formula is C21H19F3N4O. The van der Waals surface area contributed by atoms with Crippen molar-refractivity contribution in [3.63, 3.8) is 0 Å². The zero-order chi connectivity index (χ0) is 20.4. The Morgan fingerprint density at radius 2 is 1.93 bits per heavy atom. The summed E-state index contributed by atoms with van der Waals surface area (Å²) >= 11 is 0. The van der Waals surface area contributed by atoms with Gasteiger partial charge in [-0.3, -0.25) is 4.98 Å². The molecule has 29 heavy (non-hydrogen) atoms. The van der Waals surface area contributed by atoms with Crippen LogP contribution in [0.25, 0.3) is 10.9 Å². The number of aromatic nitrogens is 1. The monoisotopic (exact) mass is 400 g/mol. The van der Waals surface area contributed by atoms with Crippen LogP contribution < -0.4 is 15.5 Å². The molecule has 0 saturated carbocycles. The molecule has 2 N–H and O–H groups in total. The lowest BCUT2D eigenvalue weighted by atomic mass is 10.2. The number of alkyl halides is 3. The van der Waals surface area contributed by atoms with E-state index >= 15 is 0 Å². The normalized spacial score (nSPS) is 16.8. The first-order valence-corrected chi connectivity index (χ1v) is 9.23. The number of rotatable bonds is 3. The molecule has 1 saturated heterocycles. The van der Waals surface area contributed by atoms with E-state index in [0.29, 0.717) is 6.54 Å². The van der Waals surface area contributed by atoms with Crippen LogP contribution in [0.4, 0.5) is 29.3 Å². The molecule has 0 radical (unpaired) electrons. The molecule has 0 bridgehead atoms. The Bertz CT molecular complexity index is 1030. The van der Waals surface area contributed by atoms with Gasteiger partial charge in [-0.25, -0.2) is 4.79 Å². The molecule has 1 aliphatic heterocycles. The summed E-state index contributed by atoms with van der Waals surface area (Å²) < 4.78 is 38.4. The molecule has 1 aliphatic rings. The second-order valence-corrected chi connectivity index (χ2v) is 6.96. The van der Waals surface area contributed by atoms with E-state index < -0.39 is 17.8 Å². The Kier molecular flexibility index (Phi) is 5.00. The number of carbonyl (C=O) groups is 1. The number of para-hydroxylation sites is 1. The fourth-order valence-corrected chi connectivity index (χ4v) is 3.58. The lowest BCUT2D eigenvalue weighted by molar-refractivity contribution is -0.137. The number of pyridine rings is 1. The molecule has 5 nitrogen and oxygen atoms in total. The van der Waals surface area contributed by atoms with Gasteiger partial charge in [-0.2, -0.15) is 13.2 Å². The van der Waals surface area contributed by atoms with E-state index in [0.717, 1.165) is 41.7 Å². The highest BCUT2D eigenvalue weighted by Gasteiger charge is 2.30. The van der Waals surface area contributed by atoms with Gasteiger partial charge >= 0.3 is 12.2 Å². The molecule has 1 fully saturated rings. The summed E-state index contributed by atoms with van der Waals surface area (Å²) in [6, 6.07) is 13.8. The van der Waals surface area contributed by atoms with Crippen LogP contribution in [0.1, 0.15) is 12.0 Å². The largest absolute Gasteiger partial charge is 0.416 e. The van der Waals surface area contributed by atoms with Gasteiger partial charge in [-0.1, -0.05) is 24.3 Å². The molecule has 2 aromatic carbocycles. The van der Waals surface area contributed by atoms with E-state index in [1.807, 2.05) is 30.3 Å². The minimum atomic E-state index is -4.45. The van der Waals surface area contributed by atoms with Crippen molar-refractivity contribution in [2.24, 2.45) is 0 Å². The summed E-state index contributed by atoms with van der Waals surface area (Å²) in [7, 11) is 0. The molecule has 2 heterocycles. The average molecular weight is 400 g/mol. The predicted molar refractivity (Wildman–Crippen MR) is 106 cm³/mol. The number of hydrogen-bond donors (Lipinski definition) is 2. The topological polar surface area (TPSA) is 57.3 Å². The SMILES string of the molecule is O=C(Nc1cccc(C(F)(F)F)c1)NC1CCN(c2ccnc3ccccc23)C1. The van der Waals surface area contributed by atoms with E-state index in [2.05, 4.69) is 20.5 Å². The van der Waals surface area contributed by atoms with Crippen LogP contribution in [-0.4, -0.2) is 30.1 Å². The second-order valence-electron chi connectivity index (χ2n) is 6.96. The Balaban J connectivity index is 1.40. The molecule has 150 valence electrons. The third-order valence-electron chi connectivity index (χ3n) is 4.94. The van der Waals surface area contributed by atoms with Gasteiger partial charge in [0, 0.05) is 42.1 Å². The van der Waals surface area contributed by atoms with Crippen molar-refractivity contribution in [3.8, 4) is 0 Å². The zero-order valence-electron chi connectivity index (χ0n) is 15.4. The summed E-state index contributed by atoms with van der Waals surface area (Å²) in [5, 5.41) is 6.38. The highest BCUT2D eigenvalue weighted by atomic mass is 19.4. The smallest absolute Gasteiger partial charge is 0.369 e. The highest BCUT2D eigenvalue weighted by Crippen LogP contribution is 2.31. The standard InChI is InChI=1S/C21H19F3N4O/c22-21(23,24)14-4-3-5-15(12-14)26-20(29)27-16-9-11-28(13-16)19-8-10-25-18-7-2-1-6-17(18)19/h1-8,10,12,16H,9,11,13H2,(H2,26,27,29). The lowest BCUT2D eigenvalue weighted by Gasteiger charge is -2.21. The summed E-state index contributed by atoms with van der Waals surface area (Å²) in [6.45, 7) is 1.38. The Hall–Kier alpha value is -3.29. The molecule has 8 heteroatoms. The molecule has 3 aromatic rings. The van der Waals surface area contributed by atoms with Gasteiger partial charge in [-0.15, -0.1) is 0 Å². The van der Waals surface area contributed by atoms with E-state index in [4.69, 9.17) is 0 Å². The predicted octanol–water partition coefficient (Wildman–Crippen LogP) is 4.65. The molecule has 0 aliphatic carbocycles. The van der Waals surface area contributed by atoms with Gasteiger partial charge in [0.15, 0.2) is 0 Å². The third kappa shape index (κ3) is 4.26. The van der Waals surface area contributed by atoms with Gasteiger partial charge in [0.1, 0.15) is 0 Å². The fraction of sp³-hybridized carbons (Fsp3) is 0.238. The van der Waals surface area contributed by atoms with E-state index in [1.54, 1.807) is 6.20 Å². The first kappa shape index (κ1) is 19.0. The fourth-order valence-electron chi connectivity index (χ4n) is 3.58. The summed E-state index contributed by atoms with van der Waals surface area (Å²) in [4.78, 5) is 18.8. The van der Waals surface area contributed by atoms with Gasteiger partial charge in [0.05, 0.1) is 11.1 Å². The highest BCUT2D eigenvalue weighted by molar-refractivity contribution is 5.92. The maximum Gasteiger partial charge on any atom is 0.416 e. The number of nitrogens with zero attached hydrogens (tertiary/aromatic N) is 2. The Morgan fingerprint density at radius 1 is 1.10 bits per heavy atom. The lowest BCUT2D eigenvalue weighted by Crippen LogP contribution is -2.39. The minimum Gasteiger partial charge on any atom is -0.369 e. The maximum absolute atomic E-state index is 12.8. The summed E-state index contributed by atoms with van der Waals surface area (Å²) in [5.41, 5.74) is 1.26. The zero-order valence-corrected chi connectivity index (χ0v) is 15.4. The van der Waals surface area contributed by atoms with Crippen molar-refractivity contribution in [3.05, 3.63) is 66.4 Å². The molecule has 0 spiro atoms. The third-order valence-corrected chi connectivity index (χ3v) is 4.94. The van der Waals surface area contributed by atoms with Crippen molar-refractivity contribution < 1.29 is 18.0 Å². The van der Waals surface area contributed by atoms with Crippen LogP contribution in [0, 0.1) is 0 Å². The number of fused-ring (bicyclic) bond motifs is 1. The molecule has 1 unspecified atom stereocenters. The summed E-state index contributed by atoms with van der Waals surface area (Å²) in [6.07, 6.45) is -1.95. The van der Waals surface area contributed by atoms with Crippen molar-refractivity contribution >= 4 is 28.3 Å². The van der Waals surface area contributed by atoms with Gasteiger partial charge in [0.25, 0.3) is 0 Å². The number of carbonyl (C=O) groups excluding carboxylic acids is 1. The number of halogens is 3. The average Bonchev–Trinajstić information content (AvgIpc) is 3.15. The quantitative estimate of drug-likeness (QED) is 0.673. The van der Waals surface area contributed by atoms with Crippen molar-refractivity contribution in [2.45, 2.75) is 18.6 Å². The molecule has 1 atom stereocenters. The van der Waals surface area contributed by atoms with E-state index in [1.165, 1.54) is 12.1 Å². The number of nitrogens with one attached hydrogen (secondary N) is 2. The minimum absolute atomic E-state index is 0.104. The Morgan fingerprint density at radius 3 is 2.76 bits per heavy atom. The summed E-state index contributed by atoms with van der Waals surface area (Å²) in [5.74, 6) is 0. The van der Waals surface area contributed by atoms with Crippen LogP contribution in [0.15, 0.2) is 60.8 Å². The molecule has 1 aromatic heterocycles. The van der Waals surface area contributed by atoms with Crippen LogP contribution in [-0.2, 0) is 6.18 Å². The van der Waals surface area contributed by atoms with Crippen molar-refractivity contribution in [1.29, 1.82) is 0 Å². The first-order chi connectivity index (χ1) is 13.9. The van der Waals surface area contributed by atoms with Crippen LogP contribution >= 0.6 is 0 Å². The number of anilines is 2. The maximum atomic E-state index is 12.8. The Labute approximate surface area is 165 Å². The van der Waals surface area contributed by atoms with Gasteiger partial charge in [0.2, 0.25) is 0 Å². The van der Waals surface area contributed by atoms with Crippen LogP contribution in [0.2, 0.25) is 0 Å². The molecular weight excluding hydrogens is 381 g/mol. The van der Waals surface area contributed by atoms with Crippen LogP contribution in [0.3, 0.4) is 0 Å². The van der Waals surface area contributed by atoms with E-state index in [9.17, 15) is 18.0 Å². The first-order valence-electron chi connectivity index (χ1n) is 9.23. The van der Waals surface area contributed by atoms with Crippen molar-refractivity contribution in [1.82, 2.24) is 10.3 Å². The molecule has 2 amide bonds. The number of urea groups is 1. The number of benzene rings is 2. The second kappa shape index (κ2) is 7.62. The number of hydrogen-bond acceptors (Lipinski definition) is 3. The van der Waals surface area contributed by atoms with Crippen LogP contribution in [0.5, 0.6) is 0 Å². The van der Waals surface area contributed by atoms with Gasteiger partial charge < -0.3 is 15.5 Å². The number of amides is 2. The molecule has 4 rings (SSSR count). The van der Waals surface area contributed by atoms with E-state index in [-0.39, 0.29) is 11.7 Å². The van der Waals surface area contributed by atoms with Gasteiger partial charge in [-0.05, 0) is 36.8 Å².